The van der Waals surface area contributed by atoms with Gasteiger partial charge in [0.15, 0.2) is 0 Å². The Hall–Kier alpha value is -1.96. The van der Waals surface area contributed by atoms with Crippen molar-refractivity contribution < 1.29 is 9.59 Å². The van der Waals surface area contributed by atoms with Crippen LogP contribution in [0.2, 0.25) is 0 Å². The van der Waals surface area contributed by atoms with E-state index in [2.05, 4.69) is 19.9 Å². The molecule has 3 fully saturated rings. The van der Waals surface area contributed by atoms with E-state index < -0.39 is 0 Å². The molecule has 0 spiro atoms. The average molecular weight is 348 g/mol. The molecule has 3 aliphatic heterocycles. The molecule has 0 N–H and O–H groups in total. The highest BCUT2D eigenvalue weighted by Gasteiger charge is 2.37. The van der Waals surface area contributed by atoms with Crippen molar-refractivity contribution in [1.82, 2.24) is 29.5 Å². The van der Waals surface area contributed by atoms with Crippen LogP contribution in [0.4, 0.5) is 0 Å². The first-order chi connectivity index (χ1) is 12.0. The Bertz CT molecular complexity index is 588. The minimum atomic E-state index is 0.131. The van der Waals surface area contributed by atoms with Crippen LogP contribution >= 0.6 is 0 Å². The number of hydrogen-bond donors (Lipinski definition) is 0. The van der Waals surface area contributed by atoms with Crippen LogP contribution in [0.3, 0.4) is 0 Å². The SMILES string of the molecule is CN(C)C(=O)CN1C[C@H]2CC[C@@H](C1)N(C(=O)CCCn1cncn1)C2. The monoisotopic (exact) mass is 348 g/mol. The van der Waals surface area contributed by atoms with Gasteiger partial charge in [0.25, 0.3) is 0 Å². The van der Waals surface area contributed by atoms with E-state index in [1.807, 2.05) is 0 Å². The second kappa shape index (κ2) is 7.95. The van der Waals surface area contributed by atoms with Crippen molar-refractivity contribution in [2.24, 2.45) is 5.92 Å². The van der Waals surface area contributed by atoms with E-state index >= 15 is 0 Å². The van der Waals surface area contributed by atoms with E-state index in [0.717, 1.165) is 45.4 Å². The van der Waals surface area contributed by atoms with Crippen LogP contribution in [0, 0.1) is 5.92 Å². The van der Waals surface area contributed by atoms with Gasteiger partial charge in [-0.15, -0.1) is 0 Å². The van der Waals surface area contributed by atoms with Gasteiger partial charge in [0.05, 0.1) is 6.54 Å². The third-order valence-corrected chi connectivity index (χ3v) is 5.21. The molecule has 0 aromatic carbocycles. The Balaban J connectivity index is 1.52. The Morgan fingerprint density at radius 2 is 2.04 bits per heavy atom. The van der Waals surface area contributed by atoms with Gasteiger partial charge < -0.3 is 9.80 Å². The largest absolute Gasteiger partial charge is 0.348 e. The fraction of sp³-hybridized carbons (Fsp3) is 0.765. The van der Waals surface area contributed by atoms with Crippen molar-refractivity contribution in [1.29, 1.82) is 0 Å². The highest BCUT2D eigenvalue weighted by Crippen LogP contribution is 2.28. The smallest absolute Gasteiger partial charge is 0.236 e. The van der Waals surface area contributed by atoms with Gasteiger partial charge in [-0.05, 0) is 25.2 Å². The maximum absolute atomic E-state index is 12.7. The van der Waals surface area contributed by atoms with Crippen LogP contribution < -0.4 is 0 Å². The number of aryl methyl sites for hydroxylation is 1. The highest BCUT2D eigenvalue weighted by molar-refractivity contribution is 5.78. The molecular formula is C17H28N6O2. The van der Waals surface area contributed by atoms with Gasteiger partial charge in [-0.25, -0.2) is 4.98 Å². The van der Waals surface area contributed by atoms with Gasteiger partial charge in [0, 0.05) is 52.7 Å². The van der Waals surface area contributed by atoms with Crippen molar-refractivity contribution in [3.05, 3.63) is 12.7 Å². The molecule has 0 radical (unpaired) electrons. The summed E-state index contributed by atoms with van der Waals surface area (Å²) in [5.41, 5.74) is 0. The molecule has 138 valence electrons. The number of carbonyl (C=O) groups excluding carboxylic acids is 2. The third-order valence-electron chi connectivity index (χ3n) is 5.21. The van der Waals surface area contributed by atoms with Gasteiger partial charge in [-0.3, -0.25) is 19.2 Å². The lowest BCUT2D eigenvalue weighted by Crippen LogP contribution is -2.47. The van der Waals surface area contributed by atoms with Gasteiger partial charge in [-0.2, -0.15) is 5.10 Å². The van der Waals surface area contributed by atoms with Crippen molar-refractivity contribution in [3.63, 3.8) is 0 Å². The summed E-state index contributed by atoms with van der Waals surface area (Å²) in [4.78, 5) is 34.6. The molecule has 3 aliphatic rings. The lowest BCUT2D eigenvalue weighted by atomic mass is 9.94. The fourth-order valence-corrected chi connectivity index (χ4v) is 3.83. The number of piperidine rings is 1. The summed E-state index contributed by atoms with van der Waals surface area (Å²) >= 11 is 0. The number of hydrogen-bond acceptors (Lipinski definition) is 5. The topological polar surface area (TPSA) is 74.6 Å². The molecular weight excluding hydrogens is 320 g/mol. The zero-order valence-corrected chi connectivity index (χ0v) is 15.2. The summed E-state index contributed by atoms with van der Waals surface area (Å²) in [6, 6.07) is 0.243. The molecule has 1 aromatic rings. The highest BCUT2D eigenvalue weighted by atomic mass is 16.2. The molecule has 4 heterocycles. The fourth-order valence-electron chi connectivity index (χ4n) is 3.83. The van der Waals surface area contributed by atoms with Gasteiger partial charge >= 0.3 is 0 Å². The molecule has 2 amide bonds. The first-order valence-corrected chi connectivity index (χ1v) is 9.07. The summed E-state index contributed by atoms with van der Waals surface area (Å²) in [6.07, 6.45) is 6.71. The van der Waals surface area contributed by atoms with Crippen LogP contribution in [-0.4, -0.2) is 87.6 Å². The first kappa shape index (κ1) is 17.8. The number of nitrogens with zero attached hydrogens (tertiary/aromatic N) is 6. The Kier molecular flexibility index (Phi) is 5.67. The molecule has 8 nitrogen and oxygen atoms in total. The first-order valence-electron chi connectivity index (χ1n) is 9.07. The summed E-state index contributed by atoms with van der Waals surface area (Å²) in [5.74, 6) is 0.843. The number of rotatable bonds is 6. The summed E-state index contributed by atoms with van der Waals surface area (Å²) in [6.45, 7) is 3.73. The molecule has 25 heavy (non-hydrogen) atoms. The molecule has 3 saturated heterocycles. The van der Waals surface area contributed by atoms with Crippen LogP contribution in [0.1, 0.15) is 25.7 Å². The summed E-state index contributed by atoms with van der Waals surface area (Å²) < 4.78 is 1.76. The molecule has 1 aromatic heterocycles. The second-order valence-electron chi connectivity index (χ2n) is 7.39. The number of likely N-dealkylation sites (N-methyl/N-ethyl adjacent to an activating group) is 1. The predicted molar refractivity (Wildman–Crippen MR) is 92.6 cm³/mol. The summed E-state index contributed by atoms with van der Waals surface area (Å²) in [5, 5.41) is 4.07. The lowest BCUT2D eigenvalue weighted by Gasteiger charge is -2.36. The summed E-state index contributed by atoms with van der Waals surface area (Å²) in [7, 11) is 3.58. The number of aromatic nitrogens is 3. The van der Waals surface area contributed by atoms with Gasteiger partial charge in [0.1, 0.15) is 12.7 Å². The van der Waals surface area contributed by atoms with Gasteiger partial charge in [-0.1, -0.05) is 0 Å². The zero-order valence-electron chi connectivity index (χ0n) is 15.2. The van der Waals surface area contributed by atoms with E-state index in [-0.39, 0.29) is 17.9 Å². The minimum absolute atomic E-state index is 0.131. The van der Waals surface area contributed by atoms with Crippen LogP contribution in [0.25, 0.3) is 0 Å². The lowest BCUT2D eigenvalue weighted by molar-refractivity contribution is -0.135. The van der Waals surface area contributed by atoms with Crippen LogP contribution in [-0.2, 0) is 16.1 Å². The van der Waals surface area contributed by atoms with Gasteiger partial charge in [0.2, 0.25) is 11.8 Å². The zero-order chi connectivity index (χ0) is 17.8. The maximum Gasteiger partial charge on any atom is 0.236 e. The Morgan fingerprint density at radius 1 is 1.20 bits per heavy atom. The second-order valence-corrected chi connectivity index (χ2v) is 7.39. The number of carbonyl (C=O) groups is 2. The van der Waals surface area contributed by atoms with Crippen LogP contribution in [0.5, 0.6) is 0 Å². The Labute approximate surface area is 148 Å². The normalized spacial score (nSPS) is 23.5. The van der Waals surface area contributed by atoms with E-state index in [1.54, 1.807) is 30.0 Å². The van der Waals surface area contributed by atoms with Crippen molar-refractivity contribution >= 4 is 11.8 Å². The molecule has 2 bridgehead atoms. The van der Waals surface area contributed by atoms with E-state index in [4.69, 9.17) is 0 Å². The number of amides is 2. The molecule has 0 saturated carbocycles. The third kappa shape index (κ3) is 4.56. The predicted octanol–water partition coefficient (Wildman–Crippen LogP) is 0.0693. The van der Waals surface area contributed by atoms with Crippen LogP contribution in [0.15, 0.2) is 12.7 Å². The van der Waals surface area contributed by atoms with Crippen molar-refractivity contribution in [2.75, 3.05) is 40.3 Å². The molecule has 2 atom stereocenters. The molecule has 8 heteroatoms. The maximum atomic E-state index is 12.7. The minimum Gasteiger partial charge on any atom is -0.348 e. The van der Waals surface area contributed by atoms with E-state index in [0.29, 0.717) is 18.9 Å². The average Bonchev–Trinajstić information content (AvgIpc) is 2.94. The molecule has 0 unspecified atom stereocenters. The van der Waals surface area contributed by atoms with E-state index in [9.17, 15) is 9.59 Å². The molecule has 0 aliphatic carbocycles. The van der Waals surface area contributed by atoms with Crippen molar-refractivity contribution in [3.8, 4) is 0 Å². The molecule has 4 rings (SSSR count). The van der Waals surface area contributed by atoms with E-state index in [1.165, 1.54) is 6.33 Å². The number of fused-ring (bicyclic) bond motifs is 4. The van der Waals surface area contributed by atoms with Crippen molar-refractivity contribution in [2.45, 2.75) is 38.3 Å². The Morgan fingerprint density at radius 3 is 2.76 bits per heavy atom. The quantitative estimate of drug-likeness (QED) is 0.727. The standard InChI is InChI=1S/C17H28N6O2/c1-20(2)17(25)11-21-8-14-5-6-15(10-21)23(9-14)16(24)4-3-7-22-13-18-12-19-22/h12-15H,3-11H2,1-2H3/t14-,15+/m1/s1.